The van der Waals surface area contributed by atoms with Gasteiger partial charge in [-0.25, -0.2) is 4.98 Å². The third-order valence-electron chi connectivity index (χ3n) is 5.03. The van der Waals surface area contributed by atoms with Crippen LogP contribution < -0.4 is 19.1 Å². The second kappa shape index (κ2) is 9.09. The smallest absolute Gasteiger partial charge is 0.253 e. The van der Waals surface area contributed by atoms with Gasteiger partial charge in [-0.15, -0.1) is 0 Å². The summed E-state index contributed by atoms with van der Waals surface area (Å²) in [4.78, 5) is 24.0. The van der Waals surface area contributed by atoms with E-state index in [4.69, 9.17) is 25.8 Å². The van der Waals surface area contributed by atoms with E-state index in [0.29, 0.717) is 32.9 Å². The summed E-state index contributed by atoms with van der Waals surface area (Å²) in [5.41, 5.74) is 2.17. The Morgan fingerprint density at radius 1 is 1.21 bits per heavy atom. The molecule has 0 spiro atoms. The Hall–Kier alpha value is -3.62. The molecule has 0 unspecified atom stereocenters. The molecule has 7 nitrogen and oxygen atoms in total. The van der Waals surface area contributed by atoms with E-state index in [1.165, 1.54) is 17.4 Å². The van der Waals surface area contributed by atoms with Crippen molar-refractivity contribution in [3.8, 4) is 17.2 Å². The van der Waals surface area contributed by atoms with E-state index in [0.717, 1.165) is 16.0 Å². The van der Waals surface area contributed by atoms with E-state index in [9.17, 15) is 4.79 Å². The van der Waals surface area contributed by atoms with E-state index < -0.39 is 0 Å². The first kappa shape index (κ1) is 21.2. The molecule has 4 aromatic rings. The number of amides is 1. The normalized spacial score (nSPS) is 12.4. The molecule has 1 aliphatic rings. The lowest BCUT2D eigenvalue weighted by Crippen LogP contribution is -2.29. The molecule has 1 amide bonds. The van der Waals surface area contributed by atoms with Gasteiger partial charge in [0.05, 0.1) is 29.1 Å². The average Bonchev–Trinajstić information content (AvgIpc) is 3.49. The van der Waals surface area contributed by atoms with Gasteiger partial charge in [-0.05, 0) is 48.0 Å². The van der Waals surface area contributed by atoms with Crippen molar-refractivity contribution in [1.82, 2.24) is 9.97 Å². The second-order valence-corrected chi connectivity index (χ2v) is 8.50. The summed E-state index contributed by atoms with van der Waals surface area (Å²) in [5.74, 6) is 1.70. The number of carbonyl (C=O) groups excluding carboxylic acids is 1. The second-order valence-electron chi connectivity index (χ2n) is 7.12. The third kappa shape index (κ3) is 4.35. The molecule has 1 aliphatic heterocycles. The van der Waals surface area contributed by atoms with Crippen LogP contribution in [0.4, 0.5) is 5.13 Å². The number of anilines is 1. The lowest BCUT2D eigenvalue weighted by molar-refractivity contribution is -0.114. The zero-order valence-corrected chi connectivity index (χ0v) is 19.1. The van der Waals surface area contributed by atoms with Crippen molar-refractivity contribution in [2.24, 2.45) is 0 Å². The molecule has 2 aromatic heterocycles. The molecule has 0 radical (unpaired) electrons. The van der Waals surface area contributed by atoms with Crippen molar-refractivity contribution in [2.45, 2.75) is 6.54 Å². The molecule has 166 valence electrons. The zero-order valence-electron chi connectivity index (χ0n) is 17.5. The molecular formula is C24H18ClN3O4S. The minimum atomic E-state index is -0.243. The molecule has 0 aliphatic carbocycles. The average molecular weight is 480 g/mol. The minimum Gasteiger partial charge on any atom is -0.494 e. The number of rotatable bonds is 6. The number of benzene rings is 2. The number of aromatic nitrogens is 2. The van der Waals surface area contributed by atoms with E-state index >= 15 is 0 Å². The molecule has 9 heteroatoms. The topological polar surface area (TPSA) is 73.8 Å². The van der Waals surface area contributed by atoms with Crippen molar-refractivity contribution < 1.29 is 19.0 Å². The van der Waals surface area contributed by atoms with Gasteiger partial charge in [-0.3, -0.25) is 14.7 Å². The van der Waals surface area contributed by atoms with E-state index in [1.54, 1.807) is 36.4 Å². The number of carbonyl (C=O) groups is 1. The first-order chi connectivity index (χ1) is 16.1. The van der Waals surface area contributed by atoms with Crippen LogP contribution in [0.15, 0.2) is 60.8 Å². The first-order valence-electron chi connectivity index (χ1n) is 10.0. The standard InChI is InChI=1S/C24H18ClN3O4S/c1-30-19-9-7-17(25)23-22(19)27-24(33-23)28(13-16-4-2-3-11-26-16)21(29)10-6-15-5-8-18-20(12-15)32-14-31-18/h2-12H,13-14H2,1H3/b10-6+. The van der Waals surface area contributed by atoms with Gasteiger partial charge >= 0.3 is 0 Å². The van der Waals surface area contributed by atoms with Gasteiger partial charge in [0.25, 0.3) is 5.91 Å². The molecule has 0 saturated carbocycles. The number of hydrogen-bond donors (Lipinski definition) is 0. The summed E-state index contributed by atoms with van der Waals surface area (Å²) in [6, 6.07) is 14.6. The number of halogens is 1. The van der Waals surface area contributed by atoms with Crippen molar-refractivity contribution in [1.29, 1.82) is 0 Å². The summed E-state index contributed by atoms with van der Waals surface area (Å²) in [6.07, 6.45) is 4.93. The van der Waals surface area contributed by atoms with Gasteiger partial charge < -0.3 is 14.2 Å². The Kier molecular flexibility index (Phi) is 5.85. The summed E-state index contributed by atoms with van der Waals surface area (Å²) in [7, 11) is 1.58. The highest BCUT2D eigenvalue weighted by atomic mass is 35.5. The highest BCUT2D eigenvalue weighted by Gasteiger charge is 2.21. The maximum atomic E-state index is 13.3. The highest BCUT2D eigenvalue weighted by molar-refractivity contribution is 7.23. The van der Waals surface area contributed by atoms with Gasteiger partial charge in [0.1, 0.15) is 11.3 Å². The molecular weight excluding hydrogens is 462 g/mol. The summed E-state index contributed by atoms with van der Waals surface area (Å²) in [6.45, 7) is 0.452. The SMILES string of the molecule is COc1ccc(Cl)c2sc(N(Cc3ccccn3)C(=O)/C=C/c3ccc4c(c3)OCO4)nc12. The van der Waals surface area contributed by atoms with E-state index in [1.807, 2.05) is 36.4 Å². The van der Waals surface area contributed by atoms with Crippen molar-refractivity contribution in [2.75, 3.05) is 18.8 Å². The molecule has 0 atom stereocenters. The summed E-state index contributed by atoms with van der Waals surface area (Å²) >= 11 is 7.73. The van der Waals surface area contributed by atoms with Crippen LogP contribution in [0.2, 0.25) is 5.02 Å². The predicted octanol–water partition coefficient (Wildman–Crippen LogP) is 5.33. The van der Waals surface area contributed by atoms with Gasteiger partial charge in [-0.1, -0.05) is 35.1 Å². The Morgan fingerprint density at radius 2 is 2.09 bits per heavy atom. The number of hydrogen-bond acceptors (Lipinski definition) is 7. The van der Waals surface area contributed by atoms with Crippen molar-refractivity contribution in [3.05, 3.63) is 77.1 Å². The molecule has 0 bridgehead atoms. The fraction of sp³-hybridized carbons (Fsp3) is 0.125. The van der Waals surface area contributed by atoms with E-state index in [2.05, 4.69) is 9.97 Å². The fourth-order valence-corrected chi connectivity index (χ4v) is 4.65. The molecule has 2 aromatic carbocycles. The van der Waals surface area contributed by atoms with Crippen LogP contribution >= 0.6 is 22.9 Å². The number of pyridine rings is 1. The molecule has 0 fully saturated rings. The first-order valence-corrected chi connectivity index (χ1v) is 11.2. The maximum absolute atomic E-state index is 13.3. The minimum absolute atomic E-state index is 0.197. The number of fused-ring (bicyclic) bond motifs is 2. The van der Waals surface area contributed by atoms with Crippen LogP contribution in [0.5, 0.6) is 17.2 Å². The molecule has 5 rings (SSSR count). The summed E-state index contributed by atoms with van der Waals surface area (Å²) < 4.78 is 16.9. The van der Waals surface area contributed by atoms with Crippen molar-refractivity contribution >= 4 is 50.3 Å². The number of methoxy groups -OCH3 is 1. The molecule has 0 saturated heterocycles. The lowest BCUT2D eigenvalue weighted by atomic mass is 10.2. The quantitative estimate of drug-likeness (QED) is 0.348. The number of thiazole rings is 1. The zero-order chi connectivity index (χ0) is 22.8. The van der Waals surface area contributed by atoms with Crippen LogP contribution in [0.25, 0.3) is 16.3 Å². The van der Waals surface area contributed by atoms with Crippen LogP contribution in [0, 0.1) is 0 Å². The molecule has 0 N–H and O–H groups in total. The molecule has 33 heavy (non-hydrogen) atoms. The molecule has 3 heterocycles. The highest BCUT2D eigenvalue weighted by Crippen LogP contribution is 2.39. The number of ether oxygens (including phenoxy) is 3. The number of nitrogens with zero attached hydrogens (tertiary/aromatic N) is 3. The van der Waals surface area contributed by atoms with Gasteiger partial charge in [0.15, 0.2) is 16.6 Å². The monoisotopic (exact) mass is 479 g/mol. The van der Waals surface area contributed by atoms with Crippen LogP contribution in [-0.2, 0) is 11.3 Å². The van der Waals surface area contributed by atoms with Crippen LogP contribution in [0.1, 0.15) is 11.3 Å². The Bertz CT molecular complexity index is 1360. The van der Waals surface area contributed by atoms with Crippen LogP contribution in [0.3, 0.4) is 0 Å². The largest absolute Gasteiger partial charge is 0.494 e. The Morgan fingerprint density at radius 3 is 2.91 bits per heavy atom. The van der Waals surface area contributed by atoms with Crippen molar-refractivity contribution in [3.63, 3.8) is 0 Å². The lowest BCUT2D eigenvalue weighted by Gasteiger charge is -2.17. The van der Waals surface area contributed by atoms with Gasteiger partial charge in [-0.2, -0.15) is 0 Å². The Balaban J connectivity index is 1.50. The van der Waals surface area contributed by atoms with Crippen LogP contribution in [-0.4, -0.2) is 29.8 Å². The predicted molar refractivity (Wildman–Crippen MR) is 128 cm³/mol. The van der Waals surface area contributed by atoms with Gasteiger partial charge in [0.2, 0.25) is 6.79 Å². The third-order valence-corrected chi connectivity index (χ3v) is 6.56. The Labute approximate surface area is 198 Å². The maximum Gasteiger partial charge on any atom is 0.253 e. The fourth-order valence-electron chi connectivity index (χ4n) is 3.39. The van der Waals surface area contributed by atoms with E-state index in [-0.39, 0.29) is 19.2 Å². The van der Waals surface area contributed by atoms with Gasteiger partial charge in [0, 0.05) is 12.3 Å². The summed E-state index contributed by atoms with van der Waals surface area (Å²) in [5, 5.41) is 1.05.